The average molecular weight is 1220 g/mol. The van der Waals surface area contributed by atoms with Crippen LogP contribution in [0.25, 0.3) is 17.0 Å². The molecule has 0 saturated carbocycles. The van der Waals surface area contributed by atoms with Gasteiger partial charge in [-0.2, -0.15) is 0 Å². The van der Waals surface area contributed by atoms with E-state index in [-0.39, 0.29) is 25.9 Å². The van der Waals surface area contributed by atoms with Crippen LogP contribution in [0.4, 0.5) is 0 Å². The van der Waals surface area contributed by atoms with Gasteiger partial charge in [-0.15, -0.1) is 0 Å². The van der Waals surface area contributed by atoms with E-state index in [1.165, 1.54) is 26.0 Å². The van der Waals surface area contributed by atoms with Gasteiger partial charge in [0.2, 0.25) is 0 Å². The van der Waals surface area contributed by atoms with Crippen molar-refractivity contribution < 1.29 is 67.2 Å². The van der Waals surface area contributed by atoms with Crippen LogP contribution < -0.4 is 0 Å². The van der Waals surface area contributed by atoms with Crippen LogP contribution in [0.5, 0.6) is 0 Å². The summed E-state index contributed by atoms with van der Waals surface area (Å²) in [4.78, 5) is 50.8. The van der Waals surface area contributed by atoms with Crippen LogP contribution in [0.2, 0.25) is 0 Å². The molecule has 0 amide bonds. The van der Waals surface area contributed by atoms with Gasteiger partial charge in [-0.05, 0) is 135 Å². The van der Waals surface area contributed by atoms with E-state index in [1.807, 2.05) is 139 Å². The van der Waals surface area contributed by atoms with Crippen molar-refractivity contribution in [2.24, 2.45) is 28.1 Å². The molecule has 470 valence electrons. The number of pyridine rings is 1. The first-order chi connectivity index (χ1) is 41.5. The summed E-state index contributed by atoms with van der Waals surface area (Å²) in [5.74, 6) is -5.18. The number of likely N-dealkylation sites (N-methyl/N-ethyl adjacent to an activating group) is 1. The molecule has 17 nitrogen and oxygen atoms in total. The molecule has 0 spiro atoms. The standard InChI is InChI=1S/C69H89N3O14S/c1-14-55-69(10,77)60(73)44(4)57(71-87-52-33-22-17-23-34-52)42(2)39-68(9,79-36-26-27-48-38-51-32-24-25-35-53(51)70-41-48)61(86-66-59(54(72(11)12)37-43(3)80-66)84-64(75)49-28-18-15-19-29-49)45(5)58(46(6)63(74)82-55)83-56-40-67(8,78-13)62(47(7)81-56)85-65(76)50-30-20-16-21-31-50/h15-35,38,41-47,54-56,58-62,66,73,77H,14,36-37,39-40H2,1-13H3/b27-26+,71-57+/t42-,43-,44+,45+,46-,47+,54+,55-,56+,58+,59-,60-,61-,62+,66+,67-,68-,69-/m1/s1. The van der Waals surface area contributed by atoms with Crippen molar-refractivity contribution in [3.05, 3.63) is 150 Å². The molecule has 0 aliphatic carbocycles. The number of ether oxygens (including phenoxy) is 9. The second kappa shape index (κ2) is 29.6. The third-order valence-electron chi connectivity index (χ3n) is 17.7. The Kier molecular flexibility index (Phi) is 22.8. The van der Waals surface area contributed by atoms with Crippen molar-refractivity contribution in [3.63, 3.8) is 0 Å². The maximum Gasteiger partial charge on any atom is 0.338 e. The lowest BCUT2D eigenvalue weighted by Crippen LogP contribution is -2.62. The number of esters is 3. The molecule has 3 fully saturated rings. The van der Waals surface area contributed by atoms with Crippen molar-refractivity contribution in [3.8, 4) is 0 Å². The molecule has 4 heterocycles. The molecule has 3 aliphatic rings. The van der Waals surface area contributed by atoms with Crippen LogP contribution in [0.1, 0.15) is 121 Å². The molecule has 3 aliphatic heterocycles. The van der Waals surface area contributed by atoms with Gasteiger partial charge in [0.1, 0.15) is 17.3 Å². The number of carbonyl (C=O) groups excluding carboxylic acids is 3. The monoisotopic (exact) mass is 1220 g/mol. The lowest BCUT2D eigenvalue weighted by molar-refractivity contribution is -0.319. The molecule has 18 atom stereocenters. The topological polar surface area (TPSA) is 203 Å². The fraction of sp³-hybridized carbons (Fsp3) is 0.522. The lowest BCUT2D eigenvalue weighted by atomic mass is 9.73. The van der Waals surface area contributed by atoms with Gasteiger partial charge < -0.3 is 57.7 Å². The summed E-state index contributed by atoms with van der Waals surface area (Å²) in [7, 11) is 5.39. The fourth-order valence-corrected chi connectivity index (χ4v) is 13.6. The molecule has 4 aromatic carbocycles. The van der Waals surface area contributed by atoms with E-state index >= 15 is 4.79 Å². The van der Waals surface area contributed by atoms with E-state index in [2.05, 4.69) is 6.07 Å². The highest BCUT2D eigenvalue weighted by Gasteiger charge is 2.55. The summed E-state index contributed by atoms with van der Waals surface area (Å²) >= 11 is 1.25. The van der Waals surface area contributed by atoms with E-state index in [4.69, 9.17) is 52.0 Å². The van der Waals surface area contributed by atoms with E-state index in [1.54, 1.807) is 75.5 Å². The minimum Gasteiger partial charge on any atom is -0.459 e. The molecule has 0 bridgehead atoms. The maximum absolute atomic E-state index is 15.3. The van der Waals surface area contributed by atoms with Crippen LogP contribution in [0, 0.1) is 23.7 Å². The number of cyclic esters (lactones) is 1. The van der Waals surface area contributed by atoms with Gasteiger partial charge in [-0.25, -0.2) is 14.0 Å². The zero-order valence-electron chi connectivity index (χ0n) is 52.5. The number of carbonyl (C=O) groups is 3. The third kappa shape index (κ3) is 16.1. The van der Waals surface area contributed by atoms with Gasteiger partial charge >= 0.3 is 17.9 Å². The Bertz CT molecular complexity index is 3120. The molecule has 5 aromatic rings. The van der Waals surface area contributed by atoms with E-state index < -0.39 is 126 Å². The Morgan fingerprint density at radius 3 is 2.03 bits per heavy atom. The summed E-state index contributed by atoms with van der Waals surface area (Å²) in [5, 5.41) is 26.1. The molecule has 3 saturated heterocycles. The van der Waals surface area contributed by atoms with Crippen molar-refractivity contribution in [2.45, 2.75) is 184 Å². The largest absolute Gasteiger partial charge is 0.459 e. The van der Waals surface area contributed by atoms with E-state index in [0.717, 1.165) is 21.4 Å². The molecule has 8 rings (SSSR count). The van der Waals surface area contributed by atoms with E-state index in [9.17, 15) is 19.8 Å². The second-order valence-corrected chi connectivity index (χ2v) is 25.4. The van der Waals surface area contributed by atoms with Crippen LogP contribution >= 0.6 is 11.9 Å². The number of rotatable bonds is 17. The normalized spacial score (nSPS) is 34.3. The third-order valence-corrected chi connectivity index (χ3v) is 18.5. The molecular formula is C69H89N3O14S. The maximum atomic E-state index is 15.3. The predicted octanol–water partition coefficient (Wildman–Crippen LogP) is 11.4. The number of hydrogen-bond donors (Lipinski definition) is 2. The number of fused-ring (bicyclic) bond motifs is 1. The molecule has 1 aromatic heterocycles. The SMILES string of the molecule is CC[C@H]1OC(=O)[C@H](C)[C@@H](O[C@H]2C[C@@](C)(OC)[C@@H](OC(=O)c3ccccc3)[C@H](C)O2)[C@H](C)[C@@H](O[C@@H]2O[C@H](C)C[C@H](N(C)C)[C@H]2OC(=O)c2ccccc2)[C@](C)(OC/C=C/c2cnc3ccccc3c2)C[C@@H](C)/C(=N\Sc2ccccc2)[C@H](C)[C@@H](O)[C@]1(C)O. The predicted molar refractivity (Wildman–Crippen MR) is 335 cm³/mol. The van der Waals surface area contributed by atoms with Gasteiger partial charge in [0.25, 0.3) is 0 Å². The minimum absolute atomic E-state index is 0.0370. The van der Waals surface area contributed by atoms with Crippen LogP contribution in [0.3, 0.4) is 0 Å². The van der Waals surface area contributed by atoms with Gasteiger partial charge in [-0.3, -0.25) is 9.78 Å². The first-order valence-electron chi connectivity index (χ1n) is 30.4. The number of nitrogens with zero attached hydrogens (tertiary/aromatic N) is 3. The van der Waals surface area contributed by atoms with Crippen molar-refractivity contribution in [1.82, 2.24) is 9.88 Å². The Hall–Kier alpha value is -5.90. The highest BCUT2D eigenvalue weighted by Crippen LogP contribution is 2.44. The van der Waals surface area contributed by atoms with Gasteiger partial charge in [0.05, 0.1) is 71.3 Å². The Morgan fingerprint density at radius 2 is 1.40 bits per heavy atom. The molecule has 87 heavy (non-hydrogen) atoms. The van der Waals surface area contributed by atoms with Crippen molar-refractivity contribution >= 4 is 52.5 Å². The van der Waals surface area contributed by atoms with Gasteiger partial charge in [-0.1, -0.05) is 113 Å². The van der Waals surface area contributed by atoms with Crippen LogP contribution in [0.15, 0.2) is 143 Å². The number of methoxy groups -OCH3 is 1. The minimum atomic E-state index is -1.99. The second-order valence-electron chi connectivity index (χ2n) is 24.6. The number of aromatic nitrogens is 1. The first-order valence-corrected chi connectivity index (χ1v) is 31.2. The number of aliphatic hydroxyl groups is 2. The van der Waals surface area contributed by atoms with Gasteiger partial charge in [0, 0.05) is 59.5 Å². The number of benzene rings is 4. The smallest absolute Gasteiger partial charge is 0.338 e. The molecule has 0 unspecified atom stereocenters. The summed E-state index contributed by atoms with van der Waals surface area (Å²) in [5.41, 5.74) is -1.61. The highest BCUT2D eigenvalue weighted by molar-refractivity contribution is 7.98. The van der Waals surface area contributed by atoms with Crippen molar-refractivity contribution in [1.29, 1.82) is 0 Å². The zero-order valence-corrected chi connectivity index (χ0v) is 53.3. The highest BCUT2D eigenvalue weighted by atomic mass is 32.2. The number of aliphatic hydroxyl groups excluding tert-OH is 1. The quantitative estimate of drug-likeness (QED) is 0.0505. The molecular weight excluding hydrogens is 1130 g/mol. The molecule has 2 N–H and O–H groups in total. The Labute approximate surface area is 517 Å². The first kappa shape index (κ1) is 67.0. The summed E-state index contributed by atoms with van der Waals surface area (Å²) in [6.07, 6.45) is -3.87. The van der Waals surface area contributed by atoms with Crippen LogP contribution in [-0.2, 0) is 47.4 Å². The lowest BCUT2D eigenvalue weighted by Gasteiger charge is -2.50. The zero-order chi connectivity index (χ0) is 62.8. The van der Waals surface area contributed by atoms with Gasteiger partial charge in [0.15, 0.2) is 24.8 Å². The molecule has 0 radical (unpaired) electrons. The summed E-state index contributed by atoms with van der Waals surface area (Å²) < 4.78 is 66.4. The Morgan fingerprint density at radius 1 is 0.782 bits per heavy atom. The molecule has 18 heteroatoms. The Balaban J connectivity index is 1.29. The average Bonchev–Trinajstić information content (AvgIpc) is 1.02. The van der Waals surface area contributed by atoms with Crippen LogP contribution in [-0.4, -0.2) is 156 Å². The van der Waals surface area contributed by atoms with E-state index in [0.29, 0.717) is 23.3 Å². The summed E-state index contributed by atoms with van der Waals surface area (Å²) in [6, 6.07) is 36.6. The van der Waals surface area contributed by atoms with Crippen molar-refractivity contribution in [2.75, 3.05) is 27.8 Å². The number of hydrogen-bond acceptors (Lipinski definition) is 18. The number of para-hydroxylation sites is 1. The summed E-state index contributed by atoms with van der Waals surface area (Å²) in [6.45, 7) is 18.2. The fourth-order valence-electron chi connectivity index (χ4n) is 12.7.